The molecule has 0 unspecified atom stereocenters. The molecule has 1 fully saturated rings. The average Bonchev–Trinajstić information content (AvgIpc) is 2.46. The lowest BCUT2D eigenvalue weighted by Crippen LogP contribution is -2.39. The van der Waals surface area contributed by atoms with Crippen molar-refractivity contribution in [2.75, 3.05) is 19.9 Å². The second-order valence-electron chi connectivity index (χ2n) is 5.85. The molecule has 0 saturated heterocycles. The summed E-state index contributed by atoms with van der Waals surface area (Å²) in [5.41, 5.74) is 6.18. The summed E-state index contributed by atoms with van der Waals surface area (Å²) in [6.45, 7) is 2.22. The maximum atomic E-state index is 12.8. The molecule has 1 aromatic rings. The van der Waals surface area contributed by atoms with Gasteiger partial charge >= 0.3 is 0 Å². The van der Waals surface area contributed by atoms with Crippen LogP contribution < -0.4 is 10.5 Å². The third-order valence-electron chi connectivity index (χ3n) is 4.34. The Hall–Kier alpha value is -1.27. The summed E-state index contributed by atoms with van der Waals surface area (Å²) in [6, 6.07) is 4.72. The minimum atomic E-state index is -3.56. The van der Waals surface area contributed by atoms with Crippen molar-refractivity contribution in [1.29, 1.82) is 0 Å². The second kappa shape index (κ2) is 6.23. The van der Waals surface area contributed by atoms with Crippen LogP contribution in [0.25, 0.3) is 0 Å². The van der Waals surface area contributed by atoms with Crippen LogP contribution in [0.5, 0.6) is 5.75 Å². The molecule has 0 spiro atoms. The van der Waals surface area contributed by atoms with Gasteiger partial charge in [-0.05, 0) is 43.7 Å². The Kier molecular flexibility index (Phi) is 4.78. The highest BCUT2D eigenvalue weighted by Gasteiger charge is 2.32. The SMILES string of the molecule is COc1cc(N)ccc1S(=O)(=O)N(C)C1CCC(C)CC1. The van der Waals surface area contributed by atoms with Gasteiger partial charge in [0, 0.05) is 24.8 Å². The van der Waals surface area contributed by atoms with E-state index < -0.39 is 10.0 Å². The normalized spacial score (nSPS) is 23.2. The van der Waals surface area contributed by atoms with Gasteiger partial charge in [-0.3, -0.25) is 0 Å². The van der Waals surface area contributed by atoms with Gasteiger partial charge in [-0.15, -0.1) is 0 Å². The molecule has 21 heavy (non-hydrogen) atoms. The summed E-state index contributed by atoms with van der Waals surface area (Å²) in [5.74, 6) is 0.981. The van der Waals surface area contributed by atoms with E-state index in [4.69, 9.17) is 10.5 Å². The topological polar surface area (TPSA) is 72.6 Å². The van der Waals surface area contributed by atoms with E-state index in [1.807, 2.05) is 0 Å². The summed E-state index contributed by atoms with van der Waals surface area (Å²) < 4.78 is 32.3. The number of hydrogen-bond acceptors (Lipinski definition) is 4. The van der Waals surface area contributed by atoms with Crippen LogP contribution in [0.2, 0.25) is 0 Å². The molecule has 0 bridgehead atoms. The molecule has 0 heterocycles. The lowest BCUT2D eigenvalue weighted by Gasteiger charge is -2.33. The van der Waals surface area contributed by atoms with Crippen LogP contribution in [-0.4, -0.2) is 32.9 Å². The number of benzene rings is 1. The quantitative estimate of drug-likeness (QED) is 0.867. The fourth-order valence-electron chi connectivity index (χ4n) is 2.85. The molecular formula is C15H24N2O3S. The van der Waals surface area contributed by atoms with Gasteiger partial charge in [0.1, 0.15) is 10.6 Å². The molecule has 1 aliphatic rings. The Bertz CT molecular complexity index is 593. The van der Waals surface area contributed by atoms with Crippen molar-refractivity contribution in [3.8, 4) is 5.75 Å². The molecule has 0 atom stereocenters. The lowest BCUT2D eigenvalue weighted by atomic mass is 9.87. The fraction of sp³-hybridized carbons (Fsp3) is 0.600. The molecular weight excluding hydrogens is 288 g/mol. The van der Waals surface area contributed by atoms with Crippen molar-refractivity contribution in [2.45, 2.75) is 43.5 Å². The van der Waals surface area contributed by atoms with Crippen LogP contribution in [-0.2, 0) is 10.0 Å². The first kappa shape index (κ1) is 16.1. The van der Waals surface area contributed by atoms with Gasteiger partial charge in [0.15, 0.2) is 0 Å². The van der Waals surface area contributed by atoms with Crippen LogP contribution in [0.4, 0.5) is 5.69 Å². The van der Waals surface area contributed by atoms with Crippen molar-refractivity contribution in [1.82, 2.24) is 4.31 Å². The number of sulfonamides is 1. The van der Waals surface area contributed by atoms with Gasteiger partial charge in [-0.2, -0.15) is 4.31 Å². The number of rotatable bonds is 4. The highest BCUT2D eigenvalue weighted by atomic mass is 32.2. The third-order valence-corrected chi connectivity index (χ3v) is 6.29. The van der Waals surface area contributed by atoms with Crippen molar-refractivity contribution >= 4 is 15.7 Å². The van der Waals surface area contributed by atoms with E-state index in [0.29, 0.717) is 17.4 Å². The smallest absolute Gasteiger partial charge is 0.246 e. The van der Waals surface area contributed by atoms with Crippen LogP contribution >= 0.6 is 0 Å². The zero-order valence-corrected chi connectivity index (χ0v) is 13.7. The predicted molar refractivity (Wildman–Crippen MR) is 83.8 cm³/mol. The first-order valence-electron chi connectivity index (χ1n) is 7.27. The zero-order chi connectivity index (χ0) is 15.6. The van der Waals surface area contributed by atoms with Gasteiger partial charge in [-0.1, -0.05) is 6.92 Å². The van der Waals surface area contributed by atoms with Crippen molar-refractivity contribution < 1.29 is 13.2 Å². The van der Waals surface area contributed by atoms with E-state index in [1.165, 1.54) is 17.5 Å². The molecule has 0 aliphatic heterocycles. The van der Waals surface area contributed by atoms with Gasteiger partial charge in [0.05, 0.1) is 7.11 Å². The van der Waals surface area contributed by atoms with Crippen molar-refractivity contribution in [2.24, 2.45) is 5.92 Å². The summed E-state index contributed by atoms with van der Waals surface area (Å²) >= 11 is 0. The Morgan fingerprint density at radius 1 is 1.24 bits per heavy atom. The molecule has 6 heteroatoms. The summed E-state index contributed by atoms with van der Waals surface area (Å²) in [6.07, 6.45) is 3.97. The molecule has 5 nitrogen and oxygen atoms in total. The number of methoxy groups -OCH3 is 1. The summed E-state index contributed by atoms with van der Waals surface area (Å²) in [7, 11) is -0.450. The molecule has 0 aromatic heterocycles. The minimum absolute atomic E-state index is 0.0634. The highest BCUT2D eigenvalue weighted by Crippen LogP contribution is 2.33. The average molecular weight is 312 g/mol. The van der Waals surface area contributed by atoms with Crippen molar-refractivity contribution in [3.63, 3.8) is 0 Å². The van der Waals surface area contributed by atoms with E-state index in [9.17, 15) is 8.42 Å². The molecule has 1 aliphatic carbocycles. The number of hydrogen-bond donors (Lipinski definition) is 1. The standard InChI is InChI=1S/C15H24N2O3S/c1-11-4-7-13(8-5-11)17(2)21(18,19)15-9-6-12(16)10-14(15)20-3/h6,9-11,13H,4-5,7-8,16H2,1-3H3. The summed E-state index contributed by atoms with van der Waals surface area (Å²) in [5, 5.41) is 0. The van der Waals surface area contributed by atoms with Crippen LogP contribution in [0, 0.1) is 5.92 Å². The summed E-state index contributed by atoms with van der Waals surface area (Å²) in [4.78, 5) is 0.181. The molecule has 1 saturated carbocycles. The highest BCUT2D eigenvalue weighted by molar-refractivity contribution is 7.89. The second-order valence-corrected chi connectivity index (χ2v) is 7.81. The predicted octanol–water partition coefficient (Wildman–Crippen LogP) is 2.48. The van der Waals surface area contributed by atoms with Crippen LogP contribution in [0.3, 0.4) is 0 Å². The number of nitrogen functional groups attached to an aromatic ring is 1. The molecule has 0 amide bonds. The van der Waals surface area contributed by atoms with Gasteiger partial charge in [-0.25, -0.2) is 8.42 Å². The van der Waals surface area contributed by atoms with E-state index in [0.717, 1.165) is 25.7 Å². The van der Waals surface area contributed by atoms with Gasteiger partial charge in [0.2, 0.25) is 10.0 Å². The molecule has 2 rings (SSSR count). The van der Waals surface area contributed by atoms with Gasteiger partial charge in [0.25, 0.3) is 0 Å². The van der Waals surface area contributed by atoms with E-state index in [2.05, 4.69) is 6.92 Å². The van der Waals surface area contributed by atoms with E-state index >= 15 is 0 Å². The van der Waals surface area contributed by atoms with Crippen molar-refractivity contribution in [3.05, 3.63) is 18.2 Å². The van der Waals surface area contributed by atoms with E-state index in [-0.39, 0.29) is 10.9 Å². The van der Waals surface area contributed by atoms with Gasteiger partial charge < -0.3 is 10.5 Å². The lowest BCUT2D eigenvalue weighted by molar-refractivity contribution is 0.245. The third kappa shape index (κ3) is 3.32. The molecule has 2 N–H and O–H groups in total. The Labute approximate surface area is 127 Å². The molecule has 0 radical (unpaired) electrons. The number of nitrogens with two attached hydrogens (primary N) is 1. The molecule has 118 valence electrons. The fourth-order valence-corrected chi connectivity index (χ4v) is 4.40. The zero-order valence-electron chi connectivity index (χ0n) is 12.9. The van der Waals surface area contributed by atoms with E-state index in [1.54, 1.807) is 19.2 Å². The number of nitrogens with zero attached hydrogens (tertiary/aromatic N) is 1. The molecule has 1 aromatic carbocycles. The Balaban J connectivity index is 2.29. The number of anilines is 1. The van der Waals surface area contributed by atoms with Crippen LogP contribution in [0.15, 0.2) is 23.1 Å². The Morgan fingerprint density at radius 2 is 1.86 bits per heavy atom. The Morgan fingerprint density at radius 3 is 2.43 bits per heavy atom. The van der Waals surface area contributed by atoms with Crippen LogP contribution in [0.1, 0.15) is 32.6 Å². The minimum Gasteiger partial charge on any atom is -0.495 e. The monoisotopic (exact) mass is 312 g/mol. The first-order chi connectivity index (χ1) is 9.86. The number of ether oxygens (including phenoxy) is 1. The first-order valence-corrected chi connectivity index (χ1v) is 8.71. The maximum absolute atomic E-state index is 12.8. The maximum Gasteiger partial charge on any atom is 0.246 e. The largest absolute Gasteiger partial charge is 0.495 e.